The Labute approximate surface area is 114 Å². The van der Waals surface area contributed by atoms with Crippen molar-refractivity contribution in [3.05, 3.63) is 69.8 Å². The Kier molecular flexibility index (Phi) is 3.85. The summed E-state index contributed by atoms with van der Waals surface area (Å²) in [5.41, 5.74) is 0.716. The van der Waals surface area contributed by atoms with Gasteiger partial charge in [0.05, 0.1) is 4.92 Å². The van der Waals surface area contributed by atoms with Gasteiger partial charge in [0.1, 0.15) is 12.0 Å². The van der Waals surface area contributed by atoms with E-state index in [0.717, 1.165) is 0 Å². The molecular weight excluding hydrogens is 260 g/mol. The summed E-state index contributed by atoms with van der Waals surface area (Å²) in [6.45, 7) is 0. The van der Waals surface area contributed by atoms with Crippen LogP contribution in [-0.2, 0) is 0 Å². The van der Waals surface area contributed by atoms with Crippen LogP contribution in [0.4, 0.5) is 11.4 Å². The fourth-order valence-corrected chi connectivity index (χ4v) is 1.65. The van der Waals surface area contributed by atoms with Crippen LogP contribution in [0.2, 0.25) is 0 Å². The van der Waals surface area contributed by atoms with Gasteiger partial charge in [-0.2, -0.15) is 0 Å². The lowest BCUT2D eigenvalue weighted by Gasteiger charge is -2.05. The van der Waals surface area contributed by atoms with Crippen molar-refractivity contribution in [2.24, 2.45) is 0 Å². The summed E-state index contributed by atoms with van der Waals surface area (Å²) in [5.74, 6) is -0.475. The predicted molar refractivity (Wildman–Crippen MR) is 72.9 cm³/mol. The third-order valence-corrected chi connectivity index (χ3v) is 2.66. The molecule has 0 radical (unpaired) electrons. The molecule has 0 saturated carbocycles. The summed E-state index contributed by atoms with van der Waals surface area (Å²) in [4.78, 5) is 32.8. The monoisotopic (exact) mass is 270 g/mol. The highest BCUT2D eigenvalue weighted by Gasteiger charge is 2.15. The van der Waals surface area contributed by atoms with Crippen LogP contribution in [0, 0.1) is 10.1 Å². The van der Waals surface area contributed by atoms with Gasteiger partial charge in [-0.25, -0.2) is 0 Å². The normalized spacial score (nSPS) is 9.80. The fraction of sp³-hybridized carbons (Fsp3) is 0. The molecule has 0 heterocycles. The van der Waals surface area contributed by atoms with Crippen molar-refractivity contribution in [2.45, 2.75) is 0 Å². The van der Waals surface area contributed by atoms with Gasteiger partial charge < -0.3 is 5.32 Å². The second-order valence-electron chi connectivity index (χ2n) is 3.97. The van der Waals surface area contributed by atoms with Gasteiger partial charge in [-0.05, 0) is 18.2 Å². The van der Waals surface area contributed by atoms with Crippen LogP contribution < -0.4 is 5.32 Å². The van der Waals surface area contributed by atoms with Crippen molar-refractivity contribution in [3.8, 4) is 0 Å². The molecule has 0 saturated heterocycles. The zero-order valence-electron chi connectivity index (χ0n) is 10.3. The van der Waals surface area contributed by atoms with E-state index in [9.17, 15) is 19.7 Å². The van der Waals surface area contributed by atoms with Crippen molar-refractivity contribution in [1.82, 2.24) is 0 Å². The molecule has 100 valence electrons. The predicted octanol–water partition coefficient (Wildman–Crippen LogP) is 2.66. The standard InChI is InChI=1S/C14H10N2O4/c17-9-10-5-7-11(8-6-10)14(18)15-12-3-1-2-4-13(12)16(19)20/h1-9H,(H,15,18). The first-order valence-electron chi connectivity index (χ1n) is 5.72. The average Bonchev–Trinajstić information content (AvgIpc) is 2.47. The van der Waals surface area contributed by atoms with E-state index in [4.69, 9.17) is 0 Å². The van der Waals surface area contributed by atoms with Gasteiger partial charge in [-0.3, -0.25) is 19.7 Å². The molecule has 0 aromatic heterocycles. The number of rotatable bonds is 4. The maximum atomic E-state index is 12.0. The van der Waals surface area contributed by atoms with E-state index in [-0.39, 0.29) is 11.4 Å². The zero-order chi connectivity index (χ0) is 14.5. The lowest BCUT2D eigenvalue weighted by molar-refractivity contribution is -0.383. The molecule has 0 aliphatic heterocycles. The minimum absolute atomic E-state index is 0.127. The third-order valence-electron chi connectivity index (χ3n) is 2.66. The van der Waals surface area contributed by atoms with E-state index in [1.165, 1.54) is 42.5 Å². The van der Waals surface area contributed by atoms with Crippen LogP contribution in [0.15, 0.2) is 48.5 Å². The number of carbonyl (C=O) groups excluding carboxylic acids is 2. The summed E-state index contributed by atoms with van der Waals surface area (Å²) in [6, 6.07) is 11.8. The van der Waals surface area contributed by atoms with Gasteiger partial charge in [0.25, 0.3) is 11.6 Å². The molecule has 0 aliphatic carbocycles. The van der Waals surface area contributed by atoms with Crippen molar-refractivity contribution in [3.63, 3.8) is 0 Å². The lowest BCUT2D eigenvalue weighted by atomic mass is 10.1. The van der Waals surface area contributed by atoms with E-state index in [0.29, 0.717) is 17.4 Å². The number of hydrogen-bond donors (Lipinski definition) is 1. The largest absolute Gasteiger partial charge is 0.316 e. The highest BCUT2D eigenvalue weighted by atomic mass is 16.6. The molecule has 2 aromatic carbocycles. The number of nitrogens with zero attached hydrogens (tertiary/aromatic N) is 1. The van der Waals surface area contributed by atoms with Crippen molar-refractivity contribution in [2.75, 3.05) is 5.32 Å². The fourth-order valence-electron chi connectivity index (χ4n) is 1.65. The summed E-state index contributed by atoms with van der Waals surface area (Å²) in [6.07, 6.45) is 0.670. The first kappa shape index (κ1) is 13.4. The van der Waals surface area contributed by atoms with E-state index < -0.39 is 10.8 Å². The van der Waals surface area contributed by atoms with E-state index in [1.807, 2.05) is 0 Å². The van der Waals surface area contributed by atoms with E-state index in [1.54, 1.807) is 6.07 Å². The van der Waals surface area contributed by atoms with Crippen LogP contribution in [0.3, 0.4) is 0 Å². The minimum Gasteiger partial charge on any atom is -0.316 e. The second-order valence-corrected chi connectivity index (χ2v) is 3.97. The SMILES string of the molecule is O=Cc1ccc(C(=O)Nc2ccccc2[N+](=O)[O-])cc1. The van der Waals surface area contributed by atoms with Crippen LogP contribution in [0.25, 0.3) is 0 Å². The second kappa shape index (κ2) is 5.75. The number of para-hydroxylation sites is 2. The molecule has 0 atom stereocenters. The van der Waals surface area contributed by atoms with Crippen molar-refractivity contribution >= 4 is 23.6 Å². The number of nitro benzene ring substituents is 1. The molecule has 0 bridgehead atoms. The molecule has 0 fully saturated rings. The highest BCUT2D eigenvalue weighted by Crippen LogP contribution is 2.23. The zero-order valence-corrected chi connectivity index (χ0v) is 10.3. The number of nitro groups is 1. The Bertz CT molecular complexity index is 665. The molecule has 20 heavy (non-hydrogen) atoms. The molecule has 6 nitrogen and oxygen atoms in total. The number of aldehydes is 1. The van der Waals surface area contributed by atoms with Crippen molar-refractivity contribution < 1.29 is 14.5 Å². The molecule has 1 amide bonds. The van der Waals surface area contributed by atoms with Gasteiger partial charge in [0.2, 0.25) is 0 Å². The van der Waals surface area contributed by atoms with E-state index >= 15 is 0 Å². The molecule has 0 unspecified atom stereocenters. The quantitative estimate of drug-likeness (QED) is 0.525. The van der Waals surface area contributed by atoms with Crippen molar-refractivity contribution in [1.29, 1.82) is 0 Å². The number of anilines is 1. The molecule has 2 aromatic rings. The topological polar surface area (TPSA) is 89.3 Å². The Balaban J connectivity index is 2.23. The van der Waals surface area contributed by atoms with Crippen LogP contribution in [-0.4, -0.2) is 17.1 Å². The van der Waals surface area contributed by atoms with Crippen LogP contribution in [0.5, 0.6) is 0 Å². The molecule has 2 rings (SSSR count). The minimum atomic E-state index is -0.564. The first-order valence-corrected chi connectivity index (χ1v) is 5.72. The summed E-state index contributed by atoms with van der Waals surface area (Å²) in [5, 5.41) is 13.3. The summed E-state index contributed by atoms with van der Waals surface area (Å²) >= 11 is 0. The smallest absolute Gasteiger partial charge is 0.292 e. The number of hydrogen-bond acceptors (Lipinski definition) is 4. The maximum absolute atomic E-state index is 12.0. The Morgan fingerprint density at radius 2 is 1.75 bits per heavy atom. The van der Waals surface area contributed by atoms with Gasteiger partial charge >= 0.3 is 0 Å². The number of carbonyl (C=O) groups is 2. The van der Waals surface area contributed by atoms with Gasteiger partial charge in [-0.15, -0.1) is 0 Å². The maximum Gasteiger partial charge on any atom is 0.292 e. The number of nitrogens with one attached hydrogen (secondary N) is 1. The lowest BCUT2D eigenvalue weighted by Crippen LogP contribution is -2.13. The molecule has 0 spiro atoms. The molecule has 0 aliphatic rings. The summed E-state index contributed by atoms with van der Waals surface area (Å²) < 4.78 is 0. The molecule has 1 N–H and O–H groups in total. The van der Waals surface area contributed by atoms with E-state index in [2.05, 4.69) is 5.32 Å². The highest BCUT2D eigenvalue weighted by molar-refractivity contribution is 6.05. The van der Waals surface area contributed by atoms with Crippen LogP contribution >= 0.6 is 0 Å². The first-order chi connectivity index (χ1) is 9.61. The number of amides is 1. The van der Waals surface area contributed by atoms with Crippen LogP contribution in [0.1, 0.15) is 20.7 Å². The third kappa shape index (κ3) is 2.86. The Morgan fingerprint density at radius 3 is 2.35 bits per heavy atom. The number of benzene rings is 2. The molecular formula is C14H10N2O4. The van der Waals surface area contributed by atoms with Gasteiger partial charge in [-0.1, -0.05) is 24.3 Å². The van der Waals surface area contributed by atoms with Gasteiger partial charge in [0, 0.05) is 17.2 Å². The summed E-state index contributed by atoms with van der Waals surface area (Å²) in [7, 11) is 0. The average molecular weight is 270 g/mol. The molecule has 6 heteroatoms. The Morgan fingerprint density at radius 1 is 1.10 bits per heavy atom. The Hall–Kier alpha value is -3.02. The van der Waals surface area contributed by atoms with Gasteiger partial charge in [0.15, 0.2) is 0 Å².